The van der Waals surface area contributed by atoms with E-state index in [1.807, 2.05) is 0 Å². The second-order valence-corrected chi connectivity index (χ2v) is 5.23. The Balaban J connectivity index is 3.46. The zero-order valence-corrected chi connectivity index (χ0v) is 14.0. The van der Waals surface area contributed by atoms with Gasteiger partial charge in [-0.15, -0.1) is 0 Å². The third kappa shape index (κ3) is 14.9. The maximum atomic E-state index is 11.5. The number of carbonyl (C=O) groups is 3. The number of carboxylic acids is 1. The molecule has 0 aromatic heterocycles. The van der Waals surface area contributed by atoms with E-state index in [1.165, 1.54) is 6.92 Å². The van der Waals surface area contributed by atoms with Gasteiger partial charge in [-0.3, -0.25) is 9.59 Å². The molecule has 0 heterocycles. The minimum Gasteiger partial charge on any atom is -0.481 e. The molecule has 0 aromatic rings. The number of esters is 1. The number of unbranched alkanes of at least 4 members (excludes halogenated alkanes) is 6. The number of ether oxygens (including phenoxy) is 3. The summed E-state index contributed by atoms with van der Waals surface area (Å²) in [6, 6.07) is 0. The molecule has 0 aliphatic carbocycles. The fraction of sp³-hybridized carbons (Fsp3) is 0.812. The molecule has 0 saturated carbocycles. The predicted molar refractivity (Wildman–Crippen MR) is 82.8 cm³/mol. The van der Waals surface area contributed by atoms with Crippen LogP contribution in [0.15, 0.2) is 0 Å². The zero-order valence-electron chi connectivity index (χ0n) is 14.0. The quantitative estimate of drug-likeness (QED) is 0.312. The summed E-state index contributed by atoms with van der Waals surface area (Å²) in [7, 11) is 0. The molecule has 23 heavy (non-hydrogen) atoms. The number of carboxylic acid groups (broad SMARTS) is 1. The third-order valence-corrected chi connectivity index (χ3v) is 3.09. The fourth-order valence-corrected chi connectivity index (χ4v) is 1.98. The van der Waals surface area contributed by atoms with E-state index >= 15 is 0 Å². The molecule has 1 unspecified atom stereocenters. The maximum Gasteiger partial charge on any atom is 0.511 e. The Morgan fingerprint density at radius 2 is 1.39 bits per heavy atom. The number of aliphatic carboxylic acids is 1. The lowest BCUT2D eigenvalue weighted by Crippen LogP contribution is -2.22. The molecule has 7 nitrogen and oxygen atoms in total. The van der Waals surface area contributed by atoms with Gasteiger partial charge in [-0.1, -0.05) is 32.1 Å². The van der Waals surface area contributed by atoms with Crippen LogP contribution in [0, 0.1) is 0 Å². The fourth-order valence-electron chi connectivity index (χ4n) is 1.98. The molecule has 0 bridgehead atoms. The van der Waals surface area contributed by atoms with Crippen molar-refractivity contribution in [2.75, 3.05) is 6.61 Å². The monoisotopic (exact) mass is 332 g/mol. The highest BCUT2D eigenvalue weighted by Gasteiger charge is 2.14. The first kappa shape index (κ1) is 21.2. The maximum absolute atomic E-state index is 11.5. The summed E-state index contributed by atoms with van der Waals surface area (Å²) >= 11 is 0. The van der Waals surface area contributed by atoms with Crippen molar-refractivity contribution in [3.05, 3.63) is 0 Å². The van der Waals surface area contributed by atoms with E-state index in [4.69, 9.17) is 14.6 Å². The molecule has 1 N–H and O–H groups in total. The van der Waals surface area contributed by atoms with E-state index in [9.17, 15) is 14.4 Å². The van der Waals surface area contributed by atoms with Crippen molar-refractivity contribution in [3.8, 4) is 0 Å². The number of hydrogen-bond donors (Lipinski definition) is 1. The summed E-state index contributed by atoms with van der Waals surface area (Å²) in [6.45, 7) is 3.33. The van der Waals surface area contributed by atoms with Gasteiger partial charge in [0.15, 0.2) is 0 Å². The average Bonchev–Trinajstić information content (AvgIpc) is 2.45. The van der Waals surface area contributed by atoms with Crippen LogP contribution in [0.1, 0.15) is 71.6 Å². The van der Waals surface area contributed by atoms with Crippen molar-refractivity contribution in [2.45, 2.75) is 77.9 Å². The molecule has 0 aliphatic heterocycles. The SMILES string of the molecule is CCOC(=O)OC(C)OC(=O)CCCCCCCCCC(=O)O. The van der Waals surface area contributed by atoms with Crippen LogP contribution in [0.2, 0.25) is 0 Å². The molecule has 0 aliphatic rings. The molecule has 0 saturated heterocycles. The lowest BCUT2D eigenvalue weighted by atomic mass is 10.1. The molecule has 0 radical (unpaired) electrons. The molecular weight excluding hydrogens is 304 g/mol. The second-order valence-electron chi connectivity index (χ2n) is 5.23. The highest BCUT2D eigenvalue weighted by atomic mass is 16.8. The largest absolute Gasteiger partial charge is 0.511 e. The highest BCUT2D eigenvalue weighted by Crippen LogP contribution is 2.10. The molecule has 0 rings (SSSR count). The summed E-state index contributed by atoms with van der Waals surface area (Å²) in [6.07, 6.45) is 5.08. The standard InChI is InChI=1S/C16H28O7/c1-3-21-16(20)23-13(2)22-15(19)12-10-8-6-4-5-7-9-11-14(17)18/h13H,3-12H2,1-2H3,(H,17,18). The van der Waals surface area contributed by atoms with E-state index in [0.29, 0.717) is 0 Å². The average molecular weight is 332 g/mol. The zero-order chi connectivity index (χ0) is 17.5. The van der Waals surface area contributed by atoms with E-state index in [0.717, 1.165) is 44.9 Å². The summed E-state index contributed by atoms with van der Waals surface area (Å²) in [4.78, 5) is 32.9. The molecule has 7 heteroatoms. The van der Waals surface area contributed by atoms with Gasteiger partial charge in [0.2, 0.25) is 6.29 Å². The van der Waals surface area contributed by atoms with Gasteiger partial charge in [-0.25, -0.2) is 4.79 Å². The van der Waals surface area contributed by atoms with Crippen LogP contribution in [0.4, 0.5) is 4.79 Å². The Morgan fingerprint density at radius 3 is 1.91 bits per heavy atom. The van der Waals surface area contributed by atoms with Crippen LogP contribution in [-0.2, 0) is 23.8 Å². The van der Waals surface area contributed by atoms with Crippen LogP contribution in [0.25, 0.3) is 0 Å². The first-order valence-electron chi connectivity index (χ1n) is 8.20. The first-order chi connectivity index (χ1) is 11.0. The van der Waals surface area contributed by atoms with E-state index in [1.54, 1.807) is 6.92 Å². The molecule has 1 atom stereocenters. The van der Waals surface area contributed by atoms with Gasteiger partial charge in [0.25, 0.3) is 0 Å². The molecule has 0 amide bonds. The van der Waals surface area contributed by atoms with E-state index in [-0.39, 0.29) is 19.4 Å². The van der Waals surface area contributed by atoms with E-state index < -0.39 is 24.4 Å². The Labute approximate surface area is 137 Å². The summed E-state index contributed by atoms with van der Waals surface area (Å²) in [5.41, 5.74) is 0. The van der Waals surface area contributed by atoms with Gasteiger partial charge in [-0.05, 0) is 19.8 Å². The van der Waals surface area contributed by atoms with Crippen molar-refractivity contribution in [3.63, 3.8) is 0 Å². The topological polar surface area (TPSA) is 99.1 Å². The van der Waals surface area contributed by atoms with Crippen molar-refractivity contribution >= 4 is 18.1 Å². The third-order valence-electron chi connectivity index (χ3n) is 3.09. The van der Waals surface area contributed by atoms with Crippen molar-refractivity contribution in [1.29, 1.82) is 0 Å². The second kappa shape index (κ2) is 13.8. The van der Waals surface area contributed by atoms with Crippen LogP contribution < -0.4 is 0 Å². The van der Waals surface area contributed by atoms with Gasteiger partial charge in [0.1, 0.15) is 0 Å². The Kier molecular flexibility index (Phi) is 12.8. The Bertz CT molecular complexity index is 354. The summed E-state index contributed by atoms with van der Waals surface area (Å²) < 4.78 is 14.2. The number of rotatable bonds is 13. The lowest BCUT2D eigenvalue weighted by Gasteiger charge is -2.13. The van der Waals surface area contributed by atoms with Gasteiger partial charge < -0.3 is 19.3 Å². The van der Waals surface area contributed by atoms with Crippen molar-refractivity contribution in [2.24, 2.45) is 0 Å². The van der Waals surface area contributed by atoms with Crippen LogP contribution in [0.3, 0.4) is 0 Å². The summed E-state index contributed by atoms with van der Waals surface area (Å²) in [5.74, 6) is -1.15. The lowest BCUT2D eigenvalue weighted by molar-refractivity contribution is -0.168. The minimum atomic E-state index is -0.948. The van der Waals surface area contributed by atoms with Crippen LogP contribution >= 0.6 is 0 Å². The van der Waals surface area contributed by atoms with E-state index in [2.05, 4.69) is 4.74 Å². The highest BCUT2D eigenvalue weighted by molar-refractivity contribution is 5.69. The Morgan fingerprint density at radius 1 is 0.870 bits per heavy atom. The Hall–Kier alpha value is -1.79. The van der Waals surface area contributed by atoms with Crippen molar-refractivity contribution in [1.82, 2.24) is 0 Å². The van der Waals surface area contributed by atoms with Crippen molar-refractivity contribution < 1.29 is 33.7 Å². The summed E-state index contributed by atoms with van der Waals surface area (Å²) in [5, 5.41) is 8.50. The number of hydrogen-bond acceptors (Lipinski definition) is 6. The molecule has 0 fully saturated rings. The minimum absolute atomic E-state index is 0.204. The van der Waals surface area contributed by atoms with Gasteiger partial charge in [-0.2, -0.15) is 0 Å². The van der Waals surface area contributed by atoms with Crippen LogP contribution in [0.5, 0.6) is 0 Å². The normalized spacial score (nSPS) is 11.6. The first-order valence-corrected chi connectivity index (χ1v) is 8.20. The number of carbonyl (C=O) groups excluding carboxylic acids is 2. The molecule has 134 valence electrons. The predicted octanol–water partition coefficient (Wildman–Crippen LogP) is 3.64. The van der Waals surface area contributed by atoms with Crippen LogP contribution in [-0.4, -0.2) is 36.1 Å². The molecule has 0 aromatic carbocycles. The van der Waals surface area contributed by atoms with Gasteiger partial charge in [0.05, 0.1) is 6.61 Å². The molecular formula is C16H28O7. The van der Waals surface area contributed by atoms with Gasteiger partial charge in [0, 0.05) is 19.8 Å². The molecule has 0 spiro atoms. The van der Waals surface area contributed by atoms with Gasteiger partial charge >= 0.3 is 18.1 Å². The smallest absolute Gasteiger partial charge is 0.481 e.